The lowest BCUT2D eigenvalue weighted by Crippen LogP contribution is -2.70. The molecule has 9 heterocycles. The molecule has 0 aromatic rings. The summed E-state index contributed by atoms with van der Waals surface area (Å²) in [6.07, 6.45) is -82.8. The van der Waals surface area contributed by atoms with Crippen molar-refractivity contribution in [2.75, 3.05) is 59.5 Å². The maximum atomic E-state index is 12.9. The van der Waals surface area contributed by atoms with E-state index in [1.165, 1.54) is 0 Å². The molecule has 9 rings (SSSR count). The van der Waals surface area contributed by atoms with E-state index in [-0.39, 0.29) is 0 Å². The Balaban J connectivity index is 0.964. The zero-order valence-electron chi connectivity index (χ0n) is 60.1. The van der Waals surface area contributed by atoms with Crippen molar-refractivity contribution in [1.29, 1.82) is 0 Å². The molecule has 112 heavy (non-hydrogen) atoms. The van der Waals surface area contributed by atoms with Gasteiger partial charge in [0.2, 0.25) is 23.6 Å². The van der Waals surface area contributed by atoms with Gasteiger partial charge in [-0.1, -0.05) is 0 Å². The Morgan fingerprint density at radius 1 is 0.232 bits per heavy atom. The van der Waals surface area contributed by atoms with E-state index in [0.29, 0.717) is 0 Å². The predicted octanol–water partition coefficient (Wildman–Crippen LogP) is -20.1. The molecule has 0 spiro atoms. The normalized spacial score (nSPS) is 48.9. The van der Waals surface area contributed by atoms with E-state index in [9.17, 15) is 147 Å². The van der Waals surface area contributed by atoms with Crippen molar-refractivity contribution >= 4 is 23.6 Å². The molecule has 50 heteroatoms. The van der Waals surface area contributed by atoms with Gasteiger partial charge in [0.05, 0.1) is 59.5 Å². The Morgan fingerprint density at radius 2 is 0.464 bits per heavy atom. The van der Waals surface area contributed by atoms with Gasteiger partial charge in [-0.15, -0.1) is 0 Å². The van der Waals surface area contributed by atoms with Crippen LogP contribution in [0, 0.1) is 0 Å². The van der Waals surface area contributed by atoms with Crippen molar-refractivity contribution in [2.24, 2.45) is 0 Å². The summed E-state index contributed by atoms with van der Waals surface area (Å²) in [6.45, 7) is -5.62. The summed E-state index contributed by atoms with van der Waals surface area (Å²) in [6, 6.07) is -7.12. The summed E-state index contributed by atoms with van der Waals surface area (Å²) >= 11 is 0. The van der Waals surface area contributed by atoms with Crippen LogP contribution in [0.2, 0.25) is 0 Å². The molecular formula is C62H104N4O46. The van der Waals surface area contributed by atoms with Gasteiger partial charge in [0.15, 0.2) is 56.6 Å². The van der Waals surface area contributed by atoms with Gasteiger partial charge < -0.3 is 229 Å². The zero-order chi connectivity index (χ0) is 82.5. The van der Waals surface area contributed by atoms with Gasteiger partial charge in [-0.05, 0) is 0 Å². The van der Waals surface area contributed by atoms with Crippen LogP contribution in [0.3, 0.4) is 0 Å². The lowest BCUT2D eigenvalue weighted by atomic mass is 9.93. The van der Waals surface area contributed by atoms with E-state index in [4.69, 9.17) is 80.5 Å². The standard InChI is InChI=1S/C62H104N4O46/c1-14(75)63-27-34(82)47(20(7-69)97-54(27)95)106-55-28(64-15(2)76)37(85)50(23(10-72)100-55)111-62-46(94)53(112-61-45(93)41(89)52(25(12-74)104-61)108-57-30(66-17(4)78)36(84)49(22(9-71)102-57)110-60-43(91)39(87)32(80)19(6-68)99-60)33(81)26(105-62)13-96-58-44(92)40(88)51(24(11-73)103-58)107-56-29(65-16(3)77)35(83)48(21(8-70)101-56)109-59-42(90)38(86)31(79)18(5-67)98-59/h18-62,67-74,79-95H,5-13H2,1-4H3,(H,63,75)(H,64,76)(H,65,77)(H,66,78)/t18-,19-,20-,21-,22-,23-,24-,25-,26-,27-,28-,29-,30-,31+,32+,33-,34-,35-,36-,37-,38+,39+,40-,41-,42-,43-,44+,45+,46+,47-,48-,49-,50-,51-,52-,53+,54?,55?,56?,57?,58?,59?,60?,61?,62?/m1/s1. The minimum atomic E-state index is -2.49. The molecule has 45 atom stereocenters. The average molecular weight is 1640 g/mol. The van der Waals surface area contributed by atoms with Gasteiger partial charge in [-0.3, -0.25) is 19.2 Å². The Bertz CT molecular complexity index is 2970. The smallest absolute Gasteiger partial charge is 0.217 e. The Morgan fingerprint density at radius 3 is 0.795 bits per heavy atom. The lowest BCUT2D eigenvalue weighted by molar-refractivity contribution is -0.392. The maximum absolute atomic E-state index is 12.9. The van der Waals surface area contributed by atoms with Crippen molar-refractivity contribution < 1.29 is 227 Å². The largest absolute Gasteiger partial charge is 0.394 e. The van der Waals surface area contributed by atoms with Crippen LogP contribution in [-0.2, 0) is 99.7 Å². The summed E-state index contributed by atoms with van der Waals surface area (Å²) in [5.74, 6) is -3.46. The van der Waals surface area contributed by atoms with Gasteiger partial charge in [0, 0.05) is 27.7 Å². The Kier molecular flexibility index (Phi) is 33.1. The highest BCUT2D eigenvalue weighted by Gasteiger charge is 2.61. The first-order valence-corrected chi connectivity index (χ1v) is 35.6. The third kappa shape index (κ3) is 20.2. The molecule has 50 nitrogen and oxygen atoms in total. The van der Waals surface area contributed by atoms with Gasteiger partial charge in [-0.2, -0.15) is 0 Å². The van der Waals surface area contributed by atoms with E-state index in [0.717, 1.165) is 27.7 Å². The summed E-state index contributed by atoms with van der Waals surface area (Å²) < 4.78 is 99.2. The quantitative estimate of drug-likeness (QED) is 0.0331. The van der Waals surface area contributed by atoms with Crippen LogP contribution in [0.4, 0.5) is 0 Å². The first kappa shape index (κ1) is 92.1. The van der Waals surface area contributed by atoms with Crippen LogP contribution in [-0.4, -0.2) is 487 Å². The number of amides is 4. The SMILES string of the molecule is CC(=O)N[C@H]1C(O)O[C@H](CO)[C@@H](OC2O[C@H](CO)[C@@H](OC3O[C@H](COC4O[C@H](CO)[C@@H](OC5O[C@H](CO)[C@@H](OC6O[C@H](CO)[C@H](O)[C@H](O)[C@H]6O)[C@H](O)[C@H]5NC(C)=O)[C@H](O)[C@@H]4O)[C@@H](O)[C@H](OC4O[C@H](CO)[C@@H](OC5O[C@H](CO)[C@@H](OC6O[C@H](CO)[C@H](O)[C@H](O)[C@H]6O)[C@H](O)[C@H]5NC(C)=O)[C@H](O)[C@@H]4O)[C@@H]3O)[C@H](O)[C@H]2NC(C)=O)[C@@H]1O. The highest BCUT2D eigenvalue weighted by atomic mass is 16.8. The van der Waals surface area contributed by atoms with Crippen LogP contribution < -0.4 is 21.3 Å². The molecule has 0 radical (unpaired) electrons. The van der Waals surface area contributed by atoms with Crippen LogP contribution in [0.15, 0.2) is 0 Å². The molecule has 0 aromatic carbocycles. The van der Waals surface area contributed by atoms with E-state index in [1.54, 1.807) is 0 Å². The Hall–Kier alpha value is -3.80. The van der Waals surface area contributed by atoms with Gasteiger partial charge in [0.25, 0.3) is 0 Å². The number of carbonyl (C=O) groups is 4. The highest BCUT2D eigenvalue weighted by molar-refractivity contribution is 5.74. The summed E-state index contributed by atoms with van der Waals surface area (Å²) in [7, 11) is 0. The molecule has 9 aliphatic heterocycles. The number of aliphatic hydroxyl groups excluding tert-OH is 25. The van der Waals surface area contributed by atoms with Crippen molar-refractivity contribution in [1.82, 2.24) is 21.3 Å². The number of aliphatic hydroxyl groups is 25. The van der Waals surface area contributed by atoms with E-state index in [2.05, 4.69) is 21.3 Å². The Labute approximate surface area is 634 Å². The fourth-order valence-corrected chi connectivity index (χ4v) is 14.5. The first-order valence-electron chi connectivity index (χ1n) is 35.6. The number of hydrogen-bond acceptors (Lipinski definition) is 46. The van der Waals surface area contributed by atoms with E-state index in [1.807, 2.05) is 0 Å². The fourth-order valence-electron chi connectivity index (χ4n) is 14.5. The van der Waals surface area contributed by atoms with Crippen molar-refractivity contribution in [3.05, 3.63) is 0 Å². The molecule has 4 amide bonds. The molecular weight excluding hydrogens is 1540 g/mol. The third-order valence-electron chi connectivity index (χ3n) is 20.4. The fraction of sp³-hybridized carbons (Fsp3) is 0.935. The molecule has 648 valence electrons. The van der Waals surface area contributed by atoms with Crippen LogP contribution >= 0.6 is 0 Å². The van der Waals surface area contributed by atoms with Crippen molar-refractivity contribution in [2.45, 2.75) is 304 Å². The number of nitrogens with one attached hydrogen (secondary N) is 4. The van der Waals surface area contributed by atoms with Gasteiger partial charge in [-0.25, -0.2) is 0 Å². The van der Waals surface area contributed by atoms with Crippen LogP contribution in [0.1, 0.15) is 27.7 Å². The van der Waals surface area contributed by atoms with Gasteiger partial charge in [0.1, 0.15) is 219 Å². The monoisotopic (exact) mass is 1640 g/mol. The molecule has 0 bridgehead atoms. The molecule has 9 unspecified atom stereocenters. The third-order valence-corrected chi connectivity index (χ3v) is 20.4. The van der Waals surface area contributed by atoms with Crippen molar-refractivity contribution in [3.8, 4) is 0 Å². The minimum Gasteiger partial charge on any atom is -0.394 e. The molecule has 29 N–H and O–H groups in total. The van der Waals surface area contributed by atoms with E-state index >= 15 is 0 Å². The molecule has 9 fully saturated rings. The first-order chi connectivity index (χ1) is 53.0. The lowest BCUT2D eigenvalue weighted by Gasteiger charge is -2.51. The minimum absolute atomic E-state index is 0.775. The van der Waals surface area contributed by atoms with Gasteiger partial charge >= 0.3 is 0 Å². The predicted molar refractivity (Wildman–Crippen MR) is 343 cm³/mol. The van der Waals surface area contributed by atoms with Crippen molar-refractivity contribution in [3.63, 3.8) is 0 Å². The molecule has 9 saturated heterocycles. The second-order valence-electron chi connectivity index (χ2n) is 28.2. The van der Waals surface area contributed by atoms with Crippen LogP contribution in [0.25, 0.3) is 0 Å². The molecule has 0 saturated carbocycles. The average Bonchev–Trinajstić information content (AvgIpc) is 0.772. The summed E-state index contributed by atoms with van der Waals surface area (Å²) in [5.41, 5.74) is 0. The number of ether oxygens (including phenoxy) is 17. The summed E-state index contributed by atoms with van der Waals surface area (Å²) in [5, 5.41) is 285. The number of rotatable bonds is 29. The summed E-state index contributed by atoms with van der Waals surface area (Å²) in [4.78, 5) is 50.3. The second-order valence-corrected chi connectivity index (χ2v) is 28.2. The molecule has 0 aromatic heterocycles. The molecule has 0 aliphatic carbocycles. The second kappa shape index (κ2) is 40.3. The maximum Gasteiger partial charge on any atom is 0.217 e. The zero-order valence-corrected chi connectivity index (χ0v) is 60.1. The number of hydrogen-bond donors (Lipinski definition) is 29. The van der Waals surface area contributed by atoms with E-state index < -0.39 is 359 Å². The molecule has 9 aliphatic rings. The van der Waals surface area contributed by atoms with Crippen LogP contribution in [0.5, 0.6) is 0 Å². The highest BCUT2D eigenvalue weighted by Crippen LogP contribution is 2.40. The number of carbonyl (C=O) groups excluding carboxylic acids is 4. The topological polar surface area (TPSA) is 779 Å².